The molecule has 0 bridgehead atoms. The molecule has 0 radical (unpaired) electrons. The number of carbonyl (C=O) groups is 2. The number of aliphatic hydroxyl groups is 1. The molecular weight excluding hydrogens is 472 g/mol. The van der Waals surface area contributed by atoms with Crippen LogP contribution < -0.4 is 5.32 Å². The Bertz CT molecular complexity index is 922. The van der Waals surface area contributed by atoms with E-state index in [4.69, 9.17) is 0 Å². The number of hydrogen-bond donors (Lipinski definition) is 2. The number of nitrogens with zero attached hydrogens (tertiary/aromatic N) is 1. The van der Waals surface area contributed by atoms with Crippen molar-refractivity contribution in [2.45, 2.75) is 142 Å². The first-order valence-corrected chi connectivity index (χ1v) is 15.4. The van der Waals surface area contributed by atoms with Crippen LogP contribution in [-0.4, -0.2) is 33.9 Å². The molecule has 2 aromatic rings. The molecule has 2 rings (SSSR count). The van der Waals surface area contributed by atoms with E-state index in [9.17, 15) is 14.7 Å². The normalized spacial score (nSPS) is 12.9. The first-order valence-electron chi connectivity index (χ1n) is 15.4. The molecule has 1 aromatic heterocycles. The average molecular weight is 525 g/mol. The summed E-state index contributed by atoms with van der Waals surface area (Å²) in [6.45, 7) is 3.82. The van der Waals surface area contributed by atoms with Gasteiger partial charge in [0.05, 0.1) is 6.10 Å². The van der Waals surface area contributed by atoms with Crippen LogP contribution in [0.1, 0.15) is 140 Å². The second-order valence-corrected chi connectivity index (χ2v) is 10.9. The number of hydrogen-bond acceptors (Lipinski definition) is 4. The van der Waals surface area contributed by atoms with Crippen molar-refractivity contribution in [1.29, 1.82) is 0 Å². The van der Waals surface area contributed by atoms with E-state index in [-0.39, 0.29) is 11.5 Å². The van der Waals surface area contributed by atoms with Gasteiger partial charge in [-0.2, -0.15) is 0 Å². The second-order valence-electron chi connectivity index (χ2n) is 10.9. The van der Waals surface area contributed by atoms with Gasteiger partial charge in [0.1, 0.15) is 11.7 Å². The topological polar surface area (TPSA) is 79.3 Å². The molecule has 5 nitrogen and oxygen atoms in total. The third kappa shape index (κ3) is 12.5. The van der Waals surface area contributed by atoms with Gasteiger partial charge < -0.3 is 10.4 Å². The van der Waals surface area contributed by atoms with Gasteiger partial charge in [-0.05, 0) is 24.8 Å². The zero-order valence-electron chi connectivity index (χ0n) is 24.1. The molecule has 5 heteroatoms. The van der Waals surface area contributed by atoms with E-state index in [1.807, 2.05) is 30.3 Å². The lowest BCUT2D eigenvalue weighted by atomic mass is 10.00. The highest BCUT2D eigenvalue weighted by molar-refractivity contribution is 6.06. The second kappa shape index (κ2) is 19.7. The van der Waals surface area contributed by atoms with Crippen LogP contribution in [-0.2, 0) is 4.79 Å². The van der Waals surface area contributed by atoms with Gasteiger partial charge in [-0.1, -0.05) is 134 Å². The molecule has 0 saturated carbocycles. The summed E-state index contributed by atoms with van der Waals surface area (Å²) in [7, 11) is 0. The molecule has 0 unspecified atom stereocenters. The van der Waals surface area contributed by atoms with Gasteiger partial charge in [-0.25, -0.2) is 0 Å². The van der Waals surface area contributed by atoms with E-state index in [0.29, 0.717) is 6.42 Å². The predicted molar refractivity (Wildman–Crippen MR) is 158 cm³/mol. The maximum Gasteiger partial charge on any atom is 0.271 e. The van der Waals surface area contributed by atoms with Crippen molar-refractivity contribution < 1.29 is 14.7 Å². The van der Waals surface area contributed by atoms with Crippen molar-refractivity contribution in [2.75, 3.05) is 0 Å². The molecule has 212 valence electrons. The fourth-order valence-electron chi connectivity index (χ4n) is 5.16. The van der Waals surface area contributed by atoms with E-state index >= 15 is 0 Å². The van der Waals surface area contributed by atoms with Crippen LogP contribution in [0.2, 0.25) is 0 Å². The van der Waals surface area contributed by atoms with E-state index in [2.05, 4.69) is 17.2 Å². The number of Topliss-reactive ketones (excluding diaryl/α,β-unsaturated/α-hetero) is 1. The van der Waals surface area contributed by atoms with Gasteiger partial charge in [-0.3, -0.25) is 14.6 Å². The number of aliphatic hydroxyl groups excluding tert-OH is 1. The Morgan fingerprint density at radius 1 is 0.763 bits per heavy atom. The highest BCUT2D eigenvalue weighted by atomic mass is 16.3. The number of carbonyl (C=O) groups excluding carboxylic acids is 2. The Kier molecular flexibility index (Phi) is 16.6. The number of fused-ring (bicyclic) bond motifs is 1. The third-order valence-electron chi connectivity index (χ3n) is 7.53. The molecule has 38 heavy (non-hydrogen) atoms. The average Bonchev–Trinajstić information content (AvgIpc) is 2.92. The minimum atomic E-state index is -0.952. The summed E-state index contributed by atoms with van der Waals surface area (Å²) in [6, 6.07) is 8.46. The summed E-state index contributed by atoms with van der Waals surface area (Å²) in [5, 5.41) is 14.6. The molecule has 2 atom stereocenters. The van der Waals surface area contributed by atoms with Crippen LogP contribution >= 0.6 is 0 Å². The van der Waals surface area contributed by atoms with E-state index in [1.165, 1.54) is 89.9 Å². The van der Waals surface area contributed by atoms with Crippen LogP contribution in [0.25, 0.3) is 10.8 Å². The van der Waals surface area contributed by atoms with E-state index in [0.717, 1.165) is 30.0 Å². The number of pyridine rings is 1. The fourth-order valence-corrected chi connectivity index (χ4v) is 5.16. The van der Waals surface area contributed by atoms with Crippen LogP contribution in [0.4, 0.5) is 0 Å². The SMILES string of the molecule is CCCCCCCCCCCCCCCCCCCC(=O)[C@@H](NC(=O)c1nccc2ccccc12)[C@@H](C)O. The van der Waals surface area contributed by atoms with Gasteiger partial charge in [0.2, 0.25) is 0 Å². The summed E-state index contributed by atoms with van der Waals surface area (Å²) in [5.74, 6) is -0.544. The van der Waals surface area contributed by atoms with Crippen molar-refractivity contribution in [1.82, 2.24) is 10.3 Å². The minimum Gasteiger partial charge on any atom is -0.391 e. The standard InChI is InChI=1S/C33H52N2O3/c1-3-4-5-6-7-8-9-10-11-12-13-14-15-16-17-18-19-24-30(37)31(27(2)36)35-33(38)32-29-23-21-20-22-28(29)25-26-34-32/h20-23,25-27,31,36H,3-19,24H2,1-2H3,(H,35,38)/t27-,31+/m1/s1. The number of ketones is 1. The number of rotatable bonds is 22. The smallest absolute Gasteiger partial charge is 0.271 e. The Morgan fingerprint density at radius 2 is 1.26 bits per heavy atom. The Hall–Kier alpha value is -2.27. The zero-order valence-corrected chi connectivity index (χ0v) is 24.1. The molecule has 0 aliphatic heterocycles. The van der Waals surface area contributed by atoms with Crippen molar-refractivity contribution in [3.63, 3.8) is 0 Å². The monoisotopic (exact) mass is 524 g/mol. The Balaban J connectivity index is 1.53. The van der Waals surface area contributed by atoms with E-state index in [1.54, 1.807) is 13.1 Å². The Morgan fingerprint density at radius 3 is 1.79 bits per heavy atom. The van der Waals surface area contributed by atoms with Crippen molar-refractivity contribution in [3.05, 3.63) is 42.2 Å². The molecule has 1 aromatic carbocycles. The number of amides is 1. The molecule has 0 aliphatic carbocycles. The Labute approximate surface area is 231 Å². The summed E-state index contributed by atoms with van der Waals surface area (Å²) in [4.78, 5) is 29.9. The number of nitrogens with one attached hydrogen (secondary N) is 1. The molecule has 0 saturated heterocycles. The first kappa shape index (κ1) is 31.9. The largest absolute Gasteiger partial charge is 0.391 e. The maximum atomic E-state index is 12.9. The summed E-state index contributed by atoms with van der Waals surface area (Å²) >= 11 is 0. The lowest BCUT2D eigenvalue weighted by Crippen LogP contribution is -2.47. The predicted octanol–water partition coefficient (Wildman–Crippen LogP) is 8.32. The molecule has 0 fully saturated rings. The summed E-state index contributed by atoms with van der Waals surface area (Å²) in [5.41, 5.74) is 0.277. The molecule has 0 aliphatic rings. The summed E-state index contributed by atoms with van der Waals surface area (Å²) in [6.07, 6.45) is 23.0. The molecule has 1 heterocycles. The maximum absolute atomic E-state index is 12.9. The van der Waals surface area contributed by atoms with E-state index < -0.39 is 18.1 Å². The van der Waals surface area contributed by atoms with Gasteiger partial charge in [-0.15, -0.1) is 0 Å². The number of aromatic nitrogens is 1. The fraction of sp³-hybridized carbons (Fsp3) is 0.667. The minimum absolute atomic E-state index is 0.116. The van der Waals surface area contributed by atoms with Crippen molar-refractivity contribution in [2.24, 2.45) is 0 Å². The van der Waals surface area contributed by atoms with Crippen LogP contribution in [0.5, 0.6) is 0 Å². The molecule has 2 N–H and O–H groups in total. The number of benzene rings is 1. The quantitative estimate of drug-likeness (QED) is 0.152. The molecule has 0 spiro atoms. The van der Waals surface area contributed by atoms with Gasteiger partial charge >= 0.3 is 0 Å². The van der Waals surface area contributed by atoms with Crippen LogP contribution in [0.3, 0.4) is 0 Å². The van der Waals surface area contributed by atoms with Gasteiger partial charge in [0.25, 0.3) is 5.91 Å². The first-order chi connectivity index (χ1) is 18.5. The summed E-state index contributed by atoms with van der Waals surface area (Å²) < 4.78 is 0. The van der Waals surface area contributed by atoms with Crippen LogP contribution in [0, 0.1) is 0 Å². The number of unbranched alkanes of at least 4 members (excludes halogenated alkanes) is 16. The third-order valence-corrected chi connectivity index (χ3v) is 7.53. The van der Waals surface area contributed by atoms with Crippen molar-refractivity contribution in [3.8, 4) is 0 Å². The molecular formula is C33H52N2O3. The van der Waals surface area contributed by atoms with Crippen molar-refractivity contribution >= 4 is 22.5 Å². The lowest BCUT2D eigenvalue weighted by Gasteiger charge is -2.20. The highest BCUT2D eigenvalue weighted by Crippen LogP contribution is 2.18. The van der Waals surface area contributed by atoms with Gasteiger partial charge in [0.15, 0.2) is 5.78 Å². The molecule has 1 amide bonds. The van der Waals surface area contributed by atoms with Crippen LogP contribution in [0.15, 0.2) is 36.5 Å². The lowest BCUT2D eigenvalue weighted by molar-refractivity contribution is -0.123. The highest BCUT2D eigenvalue weighted by Gasteiger charge is 2.26. The van der Waals surface area contributed by atoms with Gasteiger partial charge in [0, 0.05) is 18.0 Å². The zero-order chi connectivity index (χ0) is 27.4.